The van der Waals surface area contributed by atoms with E-state index in [9.17, 15) is 0 Å². The first-order valence-electron chi connectivity index (χ1n) is 20.7. The molecule has 9 heteroatoms. The van der Waals surface area contributed by atoms with E-state index in [2.05, 4.69) is 147 Å². The van der Waals surface area contributed by atoms with Gasteiger partial charge in [0.2, 0.25) is 0 Å². The van der Waals surface area contributed by atoms with Crippen LogP contribution in [0, 0.1) is 34.6 Å². The highest BCUT2D eigenvalue weighted by Gasteiger charge is 2.33. The number of ether oxygens (including phenoxy) is 4. The predicted octanol–water partition coefficient (Wildman–Crippen LogP) is 14.5. The number of furan rings is 2. The van der Waals surface area contributed by atoms with Crippen LogP contribution in [0.2, 0.25) is 5.02 Å². The van der Waals surface area contributed by atoms with Crippen molar-refractivity contribution in [3.63, 3.8) is 0 Å². The van der Waals surface area contributed by atoms with Crippen LogP contribution in [-0.4, -0.2) is 26.4 Å². The lowest BCUT2D eigenvalue weighted by Crippen LogP contribution is -2.21. The molecule has 0 aliphatic carbocycles. The number of anilines is 6. The Morgan fingerprint density at radius 2 is 0.900 bits per heavy atom. The van der Waals surface area contributed by atoms with Crippen molar-refractivity contribution in [1.82, 2.24) is 0 Å². The van der Waals surface area contributed by atoms with Crippen molar-refractivity contribution >= 4 is 67.7 Å². The van der Waals surface area contributed by atoms with Gasteiger partial charge in [-0.05, 0) is 122 Å². The molecule has 4 heterocycles. The normalized spacial score (nSPS) is 13.9. The lowest BCUT2D eigenvalue weighted by Gasteiger charge is -2.34. The summed E-state index contributed by atoms with van der Waals surface area (Å²) in [5, 5.41) is 2.48. The summed E-state index contributed by atoms with van der Waals surface area (Å²) in [6.45, 7) is 25.8. The number of hydrogen-bond donors (Lipinski definition) is 0. The summed E-state index contributed by atoms with van der Waals surface area (Å²) in [6, 6.07) is 21.3. The van der Waals surface area contributed by atoms with Gasteiger partial charge in [0.1, 0.15) is 50.1 Å². The lowest BCUT2D eigenvalue weighted by atomic mass is 9.86. The second-order valence-corrected chi connectivity index (χ2v) is 18.7. The van der Waals surface area contributed by atoms with Crippen molar-refractivity contribution < 1.29 is 27.8 Å². The molecule has 0 bridgehead atoms. The molecular weight excluding hydrogens is 772 g/mol. The van der Waals surface area contributed by atoms with E-state index in [-0.39, 0.29) is 10.8 Å². The number of hydrogen-bond acceptors (Lipinski definition) is 8. The topological polar surface area (TPSA) is 69.7 Å². The Morgan fingerprint density at radius 3 is 1.30 bits per heavy atom. The molecule has 0 saturated heterocycles. The number of benzene rings is 5. The zero-order valence-electron chi connectivity index (χ0n) is 36.5. The van der Waals surface area contributed by atoms with E-state index in [4.69, 9.17) is 39.4 Å². The molecule has 0 unspecified atom stereocenters. The lowest BCUT2D eigenvalue weighted by molar-refractivity contribution is 0.170. The Morgan fingerprint density at radius 1 is 0.500 bits per heavy atom. The SMILES string of the molecule is Cc1cc(N(c2c(C)cc3c(c2C)OCCO3)c2coc3ccc(C(C)(C)C)cc23)c(Cl)c(N(c2c(C)cc3c(c2C)OCCO3)c2coc3ccc(C(C)(C)C)cc23)c1. The van der Waals surface area contributed by atoms with Crippen LogP contribution in [-0.2, 0) is 10.8 Å². The van der Waals surface area contributed by atoms with Gasteiger partial charge in [0.05, 0.1) is 39.1 Å². The summed E-state index contributed by atoms with van der Waals surface area (Å²) >= 11 is 8.05. The highest BCUT2D eigenvalue weighted by Crippen LogP contribution is 2.55. The largest absolute Gasteiger partial charge is 0.486 e. The summed E-state index contributed by atoms with van der Waals surface area (Å²) in [7, 11) is 0. The Kier molecular flexibility index (Phi) is 9.58. The highest BCUT2D eigenvalue weighted by atomic mass is 35.5. The van der Waals surface area contributed by atoms with Crippen LogP contribution >= 0.6 is 11.6 Å². The molecule has 7 aromatic rings. The van der Waals surface area contributed by atoms with Crippen molar-refractivity contribution in [2.75, 3.05) is 36.2 Å². The number of fused-ring (bicyclic) bond motifs is 4. The van der Waals surface area contributed by atoms with Gasteiger partial charge in [-0.2, -0.15) is 0 Å². The fraction of sp³-hybridized carbons (Fsp3) is 0.333. The van der Waals surface area contributed by atoms with Crippen LogP contribution < -0.4 is 28.7 Å². The van der Waals surface area contributed by atoms with Crippen LogP contribution in [0.25, 0.3) is 21.9 Å². The monoisotopic (exact) mass is 824 g/mol. The average Bonchev–Trinajstić information content (AvgIpc) is 3.82. The summed E-state index contributed by atoms with van der Waals surface area (Å²) in [5.41, 5.74) is 13.8. The second kappa shape index (κ2) is 14.5. The van der Waals surface area contributed by atoms with E-state index in [1.165, 1.54) is 11.1 Å². The van der Waals surface area contributed by atoms with Gasteiger partial charge in [-0.1, -0.05) is 65.3 Å². The number of rotatable bonds is 6. The van der Waals surface area contributed by atoms with Crippen molar-refractivity contribution in [2.45, 2.75) is 87.0 Å². The van der Waals surface area contributed by atoms with Crippen LogP contribution in [0.1, 0.15) is 80.5 Å². The minimum absolute atomic E-state index is 0.0926. The van der Waals surface area contributed by atoms with E-state index in [0.29, 0.717) is 31.5 Å². The Labute approximate surface area is 357 Å². The first kappa shape index (κ1) is 39.7. The van der Waals surface area contributed by atoms with Gasteiger partial charge in [-0.3, -0.25) is 0 Å². The van der Waals surface area contributed by atoms with Crippen molar-refractivity contribution in [3.8, 4) is 23.0 Å². The molecule has 9 rings (SSSR count). The Hall–Kier alpha value is -5.73. The number of aryl methyl sites for hydroxylation is 3. The summed E-state index contributed by atoms with van der Waals surface area (Å²) < 4.78 is 37.7. The summed E-state index contributed by atoms with van der Waals surface area (Å²) in [4.78, 5) is 4.49. The van der Waals surface area contributed by atoms with E-state index in [1.807, 2.05) is 12.5 Å². The summed E-state index contributed by atoms with van der Waals surface area (Å²) in [5.74, 6) is 2.92. The molecule has 0 saturated carbocycles. The first-order valence-corrected chi connectivity index (χ1v) is 21.1. The molecule has 0 radical (unpaired) electrons. The molecule has 0 N–H and O–H groups in total. The van der Waals surface area contributed by atoms with Crippen LogP contribution in [0.3, 0.4) is 0 Å². The maximum absolute atomic E-state index is 8.05. The fourth-order valence-corrected chi connectivity index (χ4v) is 9.08. The highest BCUT2D eigenvalue weighted by molar-refractivity contribution is 6.37. The second-order valence-electron chi connectivity index (χ2n) is 18.3. The smallest absolute Gasteiger partial charge is 0.166 e. The zero-order chi connectivity index (χ0) is 42.4. The molecule has 5 aromatic carbocycles. The number of halogens is 1. The third kappa shape index (κ3) is 6.60. The third-order valence-electron chi connectivity index (χ3n) is 11.9. The molecule has 8 nitrogen and oxygen atoms in total. The molecule has 60 heavy (non-hydrogen) atoms. The van der Waals surface area contributed by atoms with Crippen LogP contribution in [0.5, 0.6) is 23.0 Å². The zero-order valence-corrected chi connectivity index (χ0v) is 37.2. The molecule has 2 aromatic heterocycles. The molecule has 0 spiro atoms. The van der Waals surface area contributed by atoms with Crippen LogP contribution in [0.15, 0.2) is 82.0 Å². The van der Waals surface area contributed by atoms with Gasteiger partial charge in [0.25, 0.3) is 0 Å². The minimum Gasteiger partial charge on any atom is -0.486 e. The first-order chi connectivity index (χ1) is 28.5. The third-order valence-corrected chi connectivity index (χ3v) is 12.3. The van der Waals surface area contributed by atoms with Gasteiger partial charge in [-0.15, -0.1) is 0 Å². The van der Waals surface area contributed by atoms with E-state index < -0.39 is 0 Å². The van der Waals surface area contributed by atoms with Gasteiger partial charge < -0.3 is 37.6 Å². The quantitative estimate of drug-likeness (QED) is 0.164. The van der Waals surface area contributed by atoms with E-state index >= 15 is 0 Å². The van der Waals surface area contributed by atoms with Gasteiger partial charge in [-0.25, -0.2) is 0 Å². The Bertz CT molecular complexity index is 2650. The molecule has 310 valence electrons. The average molecular weight is 825 g/mol. The van der Waals surface area contributed by atoms with Gasteiger partial charge in [0.15, 0.2) is 23.0 Å². The molecule has 2 aliphatic heterocycles. The van der Waals surface area contributed by atoms with Gasteiger partial charge >= 0.3 is 0 Å². The molecule has 0 atom stereocenters. The number of nitrogens with zero attached hydrogens (tertiary/aromatic N) is 2. The summed E-state index contributed by atoms with van der Waals surface area (Å²) in [6.07, 6.45) is 3.69. The maximum Gasteiger partial charge on any atom is 0.166 e. The maximum atomic E-state index is 8.05. The Balaban J connectivity index is 1.36. The van der Waals surface area contributed by atoms with E-state index in [0.717, 1.165) is 107 Å². The van der Waals surface area contributed by atoms with Crippen LogP contribution in [0.4, 0.5) is 34.1 Å². The molecule has 2 aliphatic rings. The fourth-order valence-electron chi connectivity index (χ4n) is 8.80. The minimum atomic E-state index is -0.0926. The molecular formula is C51H53ClN2O6. The van der Waals surface area contributed by atoms with Crippen molar-refractivity contribution in [3.05, 3.63) is 117 Å². The van der Waals surface area contributed by atoms with E-state index in [1.54, 1.807) is 0 Å². The standard InChI is InChI=1S/C51H53ClN2O6/c1-28-20-37(53(46-29(2)22-43-48(31(46)4)57-18-16-55-43)39-26-59-41-14-12-33(24-35(39)41)50(6,7)8)45(52)38(21-28)54(47-30(3)23-44-49(32(47)5)58-19-17-56-44)40-27-60-42-15-13-34(25-36(40)42)51(9,10)11/h12-15,20-27H,16-19H2,1-11H3. The van der Waals surface area contributed by atoms with Crippen molar-refractivity contribution in [1.29, 1.82) is 0 Å². The van der Waals surface area contributed by atoms with Gasteiger partial charge in [0, 0.05) is 21.9 Å². The van der Waals surface area contributed by atoms with Crippen molar-refractivity contribution in [2.24, 2.45) is 0 Å². The molecule has 0 amide bonds. The predicted molar refractivity (Wildman–Crippen MR) is 243 cm³/mol. The molecule has 0 fully saturated rings.